The van der Waals surface area contributed by atoms with Crippen LogP contribution in [0.1, 0.15) is 16.7 Å². The summed E-state index contributed by atoms with van der Waals surface area (Å²) in [6, 6.07) is 51.5. The number of nitrogens with zero attached hydrogens (tertiary/aromatic N) is 3. The number of pyridine rings is 1. The Kier molecular flexibility index (Phi) is 8.10. The summed E-state index contributed by atoms with van der Waals surface area (Å²) < 4.78 is 2.20. The standard InChI is InChI=1S/C35H25N5.C7H8/c36-34(26-16-14-24(15-17-26)23-8-2-1-3-9-23)39-35(37)27-20-28(22-38-21-27)40-31-13-7-6-12-30(31)33-29-11-5-4-10-25(29)18-19-32(33)40;1-7-5-3-2-4-6-7/h1-22H,(H3,36,37,39);2-6H,1H3. The number of aromatic nitrogens is 2. The molecule has 226 valence electrons. The van der Waals surface area contributed by atoms with Gasteiger partial charge in [0, 0.05) is 28.1 Å². The van der Waals surface area contributed by atoms with Crippen LogP contribution in [-0.4, -0.2) is 21.2 Å². The molecule has 0 saturated heterocycles. The summed E-state index contributed by atoms with van der Waals surface area (Å²) in [6.07, 6.45) is 3.48. The SMILES string of the molecule is Cc1ccccc1.N=C(N=C(N)c1ccc(-c2ccccc2)cc1)c1cncc(-n2c3ccccc3c3c4ccccc4ccc32)c1. The molecule has 8 aromatic rings. The van der Waals surface area contributed by atoms with Gasteiger partial charge in [-0.2, -0.15) is 0 Å². The molecule has 0 atom stereocenters. The lowest BCUT2D eigenvalue weighted by molar-refractivity contribution is 1.13. The molecule has 6 aromatic carbocycles. The van der Waals surface area contributed by atoms with Crippen molar-refractivity contribution in [2.75, 3.05) is 0 Å². The van der Waals surface area contributed by atoms with E-state index in [9.17, 15) is 0 Å². The molecule has 3 N–H and O–H groups in total. The molecule has 0 fully saturated rings. The maximum atomic E-state index is 8.73. The summed E-state index contributed by atoms with van der Waals surface area (Å²) >= 11 is 0. The van der Waals surface area contributed by atoms with E-state index in [1.165, 1.54) is 27.1 Å². The third kappa shape index (κ3) is 6.02. The highest BCUT2D eigenvalue weighted by Crippen LogP contribution is 2.36. The number of rotatable bonds is 4. The van der Waals surface area contributed by atoms with Crippen LogP contribution in [0.4, 0.5) is 0 Å². The summed E-state index contributed by atoms with van der Waals surface area (Å²) in [7, 11) is 0. The van der Waals surface area contributed by atoms with Gasteiger partial charge in [-0.05, 0) is 47.0 Å². The molecule has 0 aliphatic carbocycles. The average Bonchev–Trinajstić information content (AvgIpc) is 3.48. The summed E-state index contributed by atoms with van der Waals surface area (Å²) in [6.45, 7) is 2.08. The number of benzene rings is 6. The molecule has 0 amide bonds. The first-order valence-electron chi connectivity index (χ1n) is 15.5. The van der Waals surface area contributed by atoms with Gasteiger partial charge in [-0.15, -0.1) is 0 Å². The molecule has 5 nitrogen and oxygen atoms in total. The largest absolute Gasteiger partial charge is 0.383 e. The molecule has 8 rings (SSSR count). The smallest absolute Gasteiger partial charge is 0.155 e. The van der Waals surface area contributed by atoms with Gasteiger partial charge in [0.15, 0.2) is 5.84 Å². The van der Waals surface area contributed by atoms with E-state index < -0.39 is 0 Å². The van der Waals surface area contributed by atoms with Crippen molar-refractivity contribution in [2.45, 2.75) is 6.92 Å². The summed E-state index contributed by atoms with van der Waals surface area (Å²) in [5.74, 6) is 0.351. The average molecular weight is 608 g/mol. The van der Waals surface area contributed by atoms with Gasteiger partial charge in [0.05, 0.1) is 22.9 Å². The van der Waals surface area contributed by atoms with E-state index in [4.69, 9.17) is 11.1 Å². The van der Waals surface area contributed by atoms with E-state index in [1.807, 2.05) is 79.0 Å². The predicted molar refractivity (Wildman–Crippen MR) is 197 cm³/mol. The van der Waals surface area contributed by atoms with Crippen molar-refractivity contribution in [3.63, 3.8) is 0 Å². The number of aliphatic imine (C=N–C) groups is 1. The van der Waals surface area contributed by atoms with Gasteiger partial charge in [-0.1, -0.05) is 139 Å². The molecule has 0 saturated carbocycles. The van der Waals surface area contributed by atoms with Gasteiger partial charge >= 0.3 is 0 Å². The summed E-state index contributed by atoms with van der Waals surface area (Å²) in [5.41, 5.74) is 14.3. The van der Waals surface area contributed by atoms with Crippen LogP contribution in [0.25, 0.3) is 49.4 Å². The first-order chi connectivity index (χ1) is 23.1. The number of hydrogen-bond acceptors (Lipinski definition) is 2. The molecule has 0 aliphatic rings. The lowest BCUT2D eigenvalue weighted by Gasteiger charge is -2.10. The zero-order valence-corrected chi connectivity index (χ0v) is 26.0. The Morgan fingerprint density at radius 3 is 1.98 bits per heavy atom. The Bertz CT molecular complexity index is 2370. The third-order valence-electron chi connectivity index (χ3n) is 8.28. The highest BCUT2D eigenvalue weighted by Gasteiger charge is 2.15. The fraction of sp³-hybridized carbons (Fsp3) is 0.0238. The van der Waals surface area contributed by atoms with Crippen molar-refractivity contribution in [3.8, 4) is 16.8 Å². The zero-order valence-electron chi connectivity index (χ0n) is 26.0. The van der Waals surface area contributed by atoms with Crippen LogP contribution in [0, 0.1) is 12.3 Å². The maximum absolute atomic E-state index is 8.73. The van der Waals surface area contributed by atoms with Gasteiger partial charge in [0.2, 0.25) is 0 Å². The fourth-order valence-corrected chi connectivity index (χ4v) is 5.94. The lowest BCUT2D eigenvalue weighted by atomic mass is 10.0. The van der Waals surface area contributed by atoms with Crippen LogP contribution in [0.3, 0.4) is 0 Å². The molecule has 0 unspecified atom stereocenters. The van der Waals surface area contributed by atoms with Crippen LogP contribution in [0.5, 0.6) is 0 Å². The summed E-state index contributed by atoms with van der Waals surface area (Å²) in [5, 5.41) is 13.5. The Hall–Kier alpha value is -6.33. The Labute approximate surface area is 273 Å². The van der Waals surface area contributed by atoms with Crippen molar-refractivity contribution < 1.29 is 0 Å². The van der Waals surface area contributed by atoms with E-state index >= 15 is 0 Å². The fourth-order valence-electron chi connectivity index (χ4n) is 5.94. The monoisotopic (exact) mass is 607 g/mol. The first kappa shape index (κ1) is 29.4. The second kappa shape index (κ2) is 13.0. The van der Waals surface area contributed by atoms with E-state index in [0.29, 0.717) is 11.4 Å². The number of hydrogen-bond donors (Lipinski definition) is 2. The van der Waals surface area contributed by atoms with Crippen LogP contribution < -0.4 is 5.73 Å². The predicted octanol–water partition coefficient (Wildman–Crippen LogP) is 9.72. The molecule has 0 radical (unpaired) electrons. The minimum absolute atomic E-state index is 0.0604. The van der Waals surface area contributed by atoms with E-state index in [1.54, 1.807) is 6.20 Å². The molecule has 0 spiro atoms. The molecule has 5 heteroatoms. The molecule has 0 aliphatic heterocycles. The second-order valence-corrected chi connectivity index (χ2v) is 11.4. The Morgan fingerprint density at radius 1 is 0.617 bits per heavy atom. The van der Waals surface area contributed by atoms with Gasteiger partial charge in [-0.25, -0.2) is 4.99 Å². The first-order valence-corrected chi connectivity index (χ1v) is 15.5. The van der Waals surface area contributed by atoms with Crippen molar-refractivity contribution in [1.82, 2.24) is 9.55 Å². The van der Waals surface area contributed by atoms with E-state index in [-0.39, 0.29) is 5.84 Å². The molecular formula is C42H33N5. The van der Waals surface area contributed by atoms with Crippen LogP contribution >= 0.6 is 0 Å². The topological polar surface area (TPSA) is 80.1 Å². The second-order valence-electron chi connectivity index (χ2n) is 11.4. The zero-order chi connectivity index (χ0) is 32.2. The van der Waals surface area contributed by atoms with Crippen molar-refractivity contribution in [1.29, 1.82) is 5.41 Å². The van der Waals surface area contributed by atoms with Gasteiger partial charge in [0.1, 0.15) is 5.84 Å². The Morgan fingerprint density at radius 2 is 1.26 bits per heavy atom. The molecule has 2 aromatic heterocycles. The van der Waals surface area contributed by atoms with Gasteiger partial charge in [0.25, 0.3) is 0 Å². The van der Waals surface area contributed by atoms with Crippen molar-refractivity contribution in [2.24, 2.45) is 10.7 Å². The highest BCUT2D eigenvalue weighted by molar-refractivity contribution is 6.21. The molecule has 0 bridgehead atoms. The van der Waals surface area contributed by atoms with Crippen LogP contribution in [0.15, 0.2) is 169 Å². The third-order valence-corrected chi connectivity index (χ3v) is 8.28. The van der Waals surface area contributed by atoms with Crippen LogP contribution in [-0.2, 0) is 0 Å². The van der Waals surface area contributed by atoms with E-state index in [2.05, 4.69) is 100 Å². The van der Waals surface area contributed by atoms with Crippen LogP contribution in [0.2, 0.25) is 0 Å². The summed E-state index contributed by atoms with van der Waals surface area (Å²) in [4.78, 5) is 8.93. The van der Waals surface area contributed by atoms with Crippen molar-refractivity contribution in [3.05, 3.63) is 181 Å². The number of aryl methyl sites for hydroxylation is 1. The normalized spacial score (nSPS) is 11.4. The van der Waals surface area contributed by atoms with Gasteiger partial charge < -0.3 is 10.3 Å². The minimum atomic E-state index is 0.0604. The molecule has 2 heterocycles. The maximum Gasteiger partial charge on any atom is 0.155 e. The highest BCUT2D eigenvalue weighted by atomic mass is 15.0. The lowest BCUT2D eigenvalue weighted by Crippen LogP contribution is -2.16. The van der Waals surface area contributed by atoms with Crippen molar-refractivity contribution >= 4 is 44.2 Å². The van der Waals surface area contributed by atoms with Gasteiger partial charge in [-0.3, -0.25) is 10.4 Å². The number of fused-ring (bicyclic) bond motifs is 5. The molecule has 47 heavy (non-hydrogen) atoms. The molecular weight excluding hydrogens is 574 g/mol. The number of nitrogens with one attached hydrogen (secondary N) is 1. The van der Waals surface area contributed by atoms with E-state index in [0.717, 1.165) is 33.4 Å². The quantitative estimate of drug-likeness (QED) is 0.154. The number of para-hydroxylation sites is 1. The number of nitrogens with two attached hydrogens (primary N) is 1. The Balaban J connectivity index is 0.000000447. The number of amidine groups is 2. The minimum Gasteiger partial charge on any atom is -0.383 e.